The zero-order chi connectivity index (χ0) is 18.6. The summed E-state index contributed by atoms with van der Waals surface area (Å²) in [7, 11) is 1.71. The van der Waals surface area contributed by atoms with E-state index in [9.17, 15) is 18.0 Å². The van der Waals surface area contributed by atoms with Crippen molar-refractivity contribution in [2.24, 2.45) is 0 Å². The summed E-state index contributed by atoms with van der Waals surface area (Å²) >= 11 is 7.16. The average molecular weight is 392 g/mol. The molecule has 0 spiro atoms. The van der Waals surface area contributed by atoms with Crippen molar-refractivity contribution in [2.75, 3.05) is 18.9 Å². The monoisotopic (exact) mass is 391 g/mol. The van der Waals surface area contributed by atoms with Gasteiger partial charge in [-0.1, -0.05) is 18.5 Å². The Labute approximate surface area is 152 Å². The summed E-state index contributed by atoms with van der Waals surface area (Å²) in [6.45, 7) is 2.39. The van der Waals surface area contributed by atoms with E-state index in [1.807, 2.05) is 12.3 Å². The molecule has 4 nitrogen and oxygen atoms in total. The summed E-state index contributed by atoms with van der Waals surface area (Å²) in [5.41, 5.74) is -0.444. The summed E-state index contributed by atoms with van der Waals surface area (Å²) in [6.07, 6.45) is -3.76. The Morgan fingerprint density at radius 3 is 2.72 bits per heavy atom. The Bertz CT molecular complexity index is 748. The van der Waals surface area contributed by atoms with Gasteiger partial charge in [-0.15, -0.1) is 11.3 Å². The molecule has 136 valence electrons. The predicted molar refractivity (Wildman–Crippen MR) is 92.9 cm³/mol. The van der Waals surface area contributed by atoms with Crippen LogP contribution in [0.4, 0.5) is 18.9 Å². The van der Waals surface area contributed by atoms with Crippen LogP contribution in [0.2, 0.25) is 5.02 Å². The molecule has 1 aromatic carbocycles. The zero-order valence-electron chi connectivity index (χ0n) is 13.7. The molecule has 0 unspecified atom stereocenters. The van der Waals surface area contributed by atoms with E-state index in [4.69, 9.17) is 11.6 Å². The van der Waals surface area contributed by atoms with Gasteiger partial charge < -0.3 is 5.32 Å². The fourth-order valence-electron chi connectivity index (χ4n) is 2.21. The van der Waals surface area contributed by atoms with Crippen LogP contribution < -0.4 is 5.32 Å². The molecule has 2 aromatic rings. The summed E-state index contributed by atoms with van der Waals surface area (Å²) in [4.78, 5) is 18.2. The molecule has 1 N–H and O–H groups in total. The Kier molecular flexibility index (Phi) is 6.42. The highest BCUT2D eigenvalue weighted by atomic mass is 35.5. The zero-order valence-corrected chi connectivity index (χ0v) is 15.2. The number of aryl methyl sites for hydroxylation is 1. The van der Waals surface area contributed by atoms with E-state index in [0.717, 1.165) is 29.3 Å². The highest BCUT2D eigenvalue weighted by Gasteiger charge is 2.34. The first-order chi connectivity index (χ1) is 11.7. The van der Waals surface area contributed by atoms with Crippen molar-refractivity contribution >= 4 is 34.5 Å². The van der Waals surface area contributed by atoms with Crippen molar-refractivity contribution in [2.45, 2.75) is 26.1 Å². The lowest BCUT2D eigenvalue weighted by Gasteiger charge is -2.17. The first kappa shape index (κ1) is 19.7. The van der Waals surface area contributed by atoms with Gasteiger partial charge in [-0.3, -0.25) is 9.69 Å². The van der Waals surface area contributed by atoms with Gasteiger partial charge in [0.2, 0.25) is 5.91 Å². The molecule has 0 saturated carbocycles. The van der Waals surface area contributed by atoms with Crippen molar-refractivity contribution in [1.82, 2.24) is 9.88 Å². The van der Waals surface area contributed by atoms with Crippen LogP contribution in [-0.4, -0.2) is 29.4 Å². The van der Waals surface area contributed by atoms with E-state index >= 15 is 0 Å². The number of amides is 1. The number of hydrogen-bond acceptors (Lipinski definition) is 4. The van der Waals surface area contributed by atoms with Crippen LogP contribution in [0.5, 0.6) is 0 Å². The smallest absolute Gasteiger partial charge is 0.324 e. The molecule has 1 heterocycles. The van der Waals surface area contributed by atoms with Gasteiger partial charge in [0, 0.05) is 16.9 Å². The van der Waals surface area contributed by atoms with Gasteiger partial charge in [-0.05, 0) is 31.7 Å². The van der Waals surface area contributed by atoms with E-state index in [-0.39, 0.29) is 17.3 Å². The topological polar surface area (TPSA) is 45.2 Å². The lowest BCUT2D eigenvalue weighted by Crippen LogP contribution is -2.30. The van der Waals surface area contributed by atoms with Crippen LogP contribution in [0, 0.1) is 0 Å². The van der Waals surface area contributed by atoms with Crippen molar-refractivity contribution in [1.29, 1.82) is 0 Å². The van der Waals surface area contributed by atoms with Crippen LogP contribution >= 0.6 is 22.9 Å². The summed E-state index contributed by atoms with van der Waals surface area (Å²) in [5.74, 6) is -0.540. The van der Waals surface area contributed by atoms with E-state index in [2.05, 4.69) is 10.3 Å². The minimum Gasteiger partial charge on any atom is -0.324 e. The molecule has 25 heavy (non-hydrogen) atoms. The largest absolute Gasteiger partial charge is 0.418 e. The van der Waals surface area contributed by atoms with Gasteiger partial charge in [0.15, 0.2) is 0 Å². The highest BCUT2D eigenvalue weighted by Crippen LogP contribution is 2.36. The number of rotatable bonds is 6. The standard InChI is InChI=1S/C16H17ClF3N3OS/c1-3-15-21-11(9-25-15)7-23(2)8-14(24)22-13-5-4-10(17)6-12(13)16(18,19)20/h4-6,9H,3,7-8H2,1-2H3,(H,22,24). The number of likely N-dealkylation sites (N-methyl/N-ethyl adjacent to an activating group) is 1. The maximum absolute atomic E-state index is 13.0. The molecule has 0 saturated heterocycles. The molecule has 2 rings (SSSR count). The number of halogens is 4. The predicted octanol–water partition coefficient (Wildman–Crippen LogP) is 4.45. The third kappa shape index (κ3) is 5.69. The van der Waals surface area contributed by atoms with Gasteiger partial charge in [0.1, 0.15) is 0 Å². The molecule has 0 fully saturated rings. The Hall–Kier alpha value is -1.64. The third-order valence-electron chi connectivity index (χ3n) is 3.31. The van der Waals surface area contributed by atoms with Gasteiger partial charge in [0.05, 0.1) is 28.5 Å². The summed E-state index contributed by atoms with van der Waals surface area (Å²) < 4.78 is 39.1. The van der Waals surface area contributed by atoms with Crippen LogP contribution in [0.3, 0.4) is 0 Å². The first-order valence-corrected chi connectivity index (χ1v) is 8.73. The number of thiazole rings is 1. The molecule has 0 aliphatic heterocycles. The van der Waals surface area contributed by atoms with Gasteiger partial charge in [-0.2, -0.15) is 13.2 Å². The lowest BCUT2D eigenvalue weighted by molar-refractivity contribution is -0.137. The lowest BCUT2D eigenvalue weighted by atomic mass is 10.1. The number of aromatic nitrogens is 1. The van der Waals surface area contributed by atoms with Crippen LogP contribution in [0.1, 0.15) is 23.2 Å². The molecule has 0 atom stereocenters. The third-order valence-corrected chi connectivity index (χ3v) is 4.59. The molecule has 0 aliphatic carbocycles. The van der Waals surface area contributed by atoms with E-state index < -0.39 is 17.6 Å². The van der Waals surface area contributed by atoms with Crippen LogP contribution in [0.15, 0.2) is 23.6 Å². The molecule has 0 bridgehead atoms. The second-order valence-electron chi connectivity index (χ2n) is 5.49. The normalized spacial score (nSPS) is 11.8. The van der Waals surface area contributed by atoms with E-state index in [0.29, 0.717) is 6.54 Å². The van der Waals surface area contributed by atoms with Crippen molar-refractivity contribution in [3.05, 3.63) is 44.9 Å². The highest BCUT2D eigenvalue weighted by molar-refractivity contribution is 7.09. The number of nitrogens with one attached hydrogen (secondary N) is 1. The quantitative estimate of drug-likeness (QED) is 0.791. The van der Waals surface area contributed by atoms with Crippen molar-refractivity contribution in [3.8, 4) is 0 Å². The molecule has 9 heteroatoms. The fraction of sp³-hybridized carbons (Fsp3) is 0.375. The number of anilines is 1. The number of carbonyl (C=O) groups is 1. The number of carbonyl (C=O) groups excluding carboxylic acids is 1. The van der Waals surface area contributed by atoms with E-state index in [1.165, 1.54) is 6.07 Å². The Morgan fingerprint density at radius 2 is 2.12 bits per heavy atom. The number of hydrogen-bond donors (Lipinski definition) is 1. The fourth-order valence-corrected chi connectivity index (χ4v) is 3.12. The first-order valence-electron chi connectivity index (χ1n) is 7.47. The van der Waals surface area contributed by atoms with Crippen molar-refractivity contribution in [3.63, 3.8) is 0 Å². The van der Waals surface area contributed by atoms with E-state index in [1.54, 1.807) is 23.3 Å². The molecule has 0 radical (unpaired) electrons. The van der Waals surface area contributed by atoms with Gasteiger partial charge in [0.25, 0.3) is 0 Å². The second kappa shape index (κ2) is 8.16. The molecule has 0 aliphatic rings. The summed E-state index contributed by atoms with van der Waals surface area (Å²) in [5, 5.41) is 5.17. The molecular weight excluding hydrogens is 375 g/mol. The molecular formula is C16H17ClF3N3OS. The average Bonchev–Trinajstić information content (AvgIpc) is 2.95. The second-order valence-corrected chi connectivity index (χ2v) is 6.87. The minimum atomic E-state index is -4.60. The summed E-state index contributed by atoms with van der Waals surface area (Å²) in [6, 6.07) is 3.25. The number of nitrogens with zero attached hydrogens (tertiary/aromatic N) is 2. The van der Waals surface area contributed by atoms with Gasteiger partial charge >= 0.3 is 6.18 Å². The number of alkyl halides is 3. The maximum Gasteiger partial charge on any atom is 0.418 e. The Morgan fingerprint density at radius 1 is 1.40 bits per heavy atom. The van der Waals surface area contributed by atoms with Gasteiger partial charge in [-0.25, -0.2) is 4.98 Å². The van der Waals surface area contributed by atoms with Crippen molar-refractivity contribution < 1.29 is 18.0 Å². The SMILES string of the molecule is CCc1nc(CN(C)CC(=O)Nc2ccc(Cl)cc2C(F)(F)F)cs1. The van der Waals surface area contributed by atoms with Crippen LogP contribution in [-0.2, 0) is 23.9 Å². The number of benzene rings is 1. The maximum atomic E-state index is 13.0. The Balaban J connectivity index is 2.00. The molecule has 1 aromatic heterocycles. The van der Waals surface area contributed by atoms with Crippen LogP contribution in [0.25, 0.3) is 0 Å². The molecule has 1 amide bonds. The minimum absolute atomic E-state index is 0.0438.